The number of rotatable bonds is 5. The third-order valence-electron chi connectivity index (χ3n) is 2.31. The van der Waals surface area contributed by atoms with Crippen LogP contribution in [0.3, 0.4) is 0 Å². The summed E-state index contributed by atoms with van der Waals surface area (Å²) < 4.78 is 2.11. The number of amides is 1. The number of carbonyl (C=O) groups excluding carboxylic acids is 1. The predicted molar refractivity (Wildman–Crippen MR) is 73.4 cm³/mol. The molecule has 2 rings (SSSR count). The van der Waals surface area contributed by atoms with Gasteiger partial charge in [0.25, 0.3) is 5.91 Å². The molecule has 0 bridgehead atoms. The van der Waals surface area contributed by atoms with Crippen LogP contribution in [0.4, 0.5) is 0 Å². The molecular formula is C12H11NO3S2. The van der Waals surface area contributed by atoms with Gasteiger partial charge in [0.1, 0.15) is 6.54 Å². The van der Waals surface area contributed by atoms with Gasteiger partial charge in [-0.1, -0.05) is 6.08 Å². The molecule has 0 aromatic carbocycles. The maximum Gasteiger partial charge on any atom is 0.323 e. The fourth-order valence-electron chi connectivity index (χ4n) is 1.57. The Morgan fingerprint density at radius 2 is 2.22 bits per heavy atom. The molecule has 0 saturated carbocycles. The van der Waals surface area contributed by atoms with E-state index in [0.29, 0.717) is 4.88 Å². The molecule has 18 heavy (non-hydrogen) atoms. The average Bonchev–Trinajstić information content (AvgIpc) is 2.86. The van der Waals surface area contributed by atoms with Gasteiger partial charge >= 0.3 is 5.97 Å². The van der Waals surface area contributed by atoms with Crippen LogP contribution in [0.25, 0.3) is 9.40 Å². The highest BCUT2D eigenvalue weighted by Crippen LogP contribution is 2.30. The monoisotopic (exact) mass is 281 g/mol. The summed E-state index contributed by atoms with van der Waals surface area (Å²) in [6, 6.07) is 3.77. The van der Waals surface area contributed by atoms with E-state index in [1.54, 1.807) is 11.3 Å². The molecule has 1 amide bonds. The first-order valence-corrected chi connectivity index (χ1v) is 6.90. The van der Waals surface area contributed by atoms with E-state index in [1.807, 2.05) is 17.5 Å². The lowest BCUT2D eigenvalue weighted by Crippen LogP contribution is -2.35. The highest BCUT2D eigenvalue weighted by Gasteiger charge is 2.19. The van der Waals surface area contributed by atoms with Crippen molar-refractivity contribution >= 4 is 43.9 Å². The number of fused-ring (bicyclic) bond motifs is 1. The number of hydrogen-bond donors (Lipinski definition) is 1. The molecule has 0 fully saturated rings. The van der Waals surface area contributed by atoms with Crippen LogP contribution < -0.4 is 0 Å². The SMILES string of the molecule is C=CCN(CC(=O)O)C(=O)c1cc2sccc2s1. The van der Waals surface area contributed by atoms with Gasteiger partial charge in [0.2, 0.25) is 0 Å². The molecule has 2 aromatic heterocycles. The van der Waals surface area contributed by atoms with Gasteiger partial charge < -0.3 is 10.0 Å². The van der Waals surface area contributed by atoms with E-state index in [9.17, 15) is 9.59 Å². The van der Waals surface area contributed by atoms with E-state index in [2.05, 4.69) is 6.58 Å². The Kier molecular flexibility index (Phi) is 3.78. The normalized spacial score (nSPS) is 10.4. The summed E-state index contributed by atoms with van der Waals surface area (Å²) in [5.74, 6) is -1.28. The molecule has 4 nitrogen and oxygen atoms in total. The maximum atomic E-state index is 12.2. The van der Waals surface area contributed by atoms with Crippen LogP contribution in [0, 0.1) is 0 Å². The van der Waals surface area contributed by atoms with Gasteiger partial charge in [-0.3, -0.25) is 9.59 Å². The third kappa shape index (κ3) is 2.60. The van der Waals surface area contributed by atoms with Crippen molar-refractivity contribution in [1.82, 2.24) is 4.90 Å². The summed E-state index contributed by atoms with van der Waals surface area (Å²) in [7, 11) is 0. The van der Waals surface area contributed by atoms with Gasteiger partial charge in [-0.05, 0) is 17.5 Å². The van der Waals surface area contributed by atoms with E-state index >= 15 is 0 Å². The first-order chi connectivity index (χ1) is 8.61. The zero-order valence-electron chi connectivity index (χ0n) is 9.46. The Hall–Kier alpha value is -1.66. The van der Waals surface area contributed by atoms with Crippen LogP contribution in [0.2, 0.25) is 0 Å². The second-order valence-electron chi connectivity index (χ2n) is 3.63. The molecule has 2 heterocycles. The molecule has 94 valence electrons. The van der Waals surface area contributed by atoms with E-state index < -0.39 is 5.97 Å². The minimum atomic E-state index is -1.02. The van der Waals surface area contributed by atoms with Crippen molar-refractivity contribution in [2.75, 3.05) is 13.1 Å². The van der Waals surface area contributed by atoms with Crippen LogP contribution in [0.5, 0.6) is 0 Å². The predicted octanol–water partition coefficient (Wildman–Crippen LogP) is 2.68. The number of thiophene rings is 2. The zero-order chi connectivity index (χ0) is 13.1. The fourth-order valence-corrected chi connectivity index (χ4v) is 3.64. The summed E-state index contributed by atoms with van der Waals surface area (Å²) in [4.78, 5) is 24.7. The van der Waals surface area contributed by atoms with Crippen molar-refractivity contribution < 1.29 is 14.7 Å². The Morgan fingerprint density at radius 1 is 1.44 bits per heavy atom. The summed E-state index contributed by atoms with van der Waals surface area (Å²) in [6.07, 6.45) is 1.52. The van der Waals surface area contributed by atoms with Gasteiger partial charge in [0.15, 0.2) is 0 Å². The van der Waals surface area contributed by atoms with Crippen LogP contribution in [-0.4, -0.2) is 35.0 Å². The molecule has 0 aliphatic carbocycles. The van der Waals surface area contributed by atoms with Gasteiger partial charge in [-0.2, -0.15) is 0 Å². The average molecular weight is 281 g/mol. The van der Waals surface area contributed by atoms with Crippen LogP contribution in [-0.2, 0) is 4.79 Å². The van der Waals surface area contributed by atoms with Gasteiger partial charge in [-0.25, -0.2) is 0 Å². The fraction of sp³-hybridized carbons (Fsp3) is 0.167. The number of aliphatic carboxylic acids is 1. The van der Waals surface area contributed by atoms with Gasteiger partial charge in [-0.15, -0.1) is 29.3 Å². The number of carboxylic acids is 1. The Balaban J connectivity index is 2.24. The highest BCUT2D eigenvalue weighted by molar-refractivity contribution is 7.27. The van der Waals surface area contributed by atoms with E-state index in [0.717, 1.165) is 9.40 Å². The molecule has 0 saturated heterocycles. The van der Waals surface area contributed by atoms with Crippen molar-refractivity contribution in [2.45, 2.75) is 0 Å². The van der Waals surface area contributed by atoms with Crippen LogP contribution in [0.1, 0.15) is 9.67 Å². The standard InChI is InChI=1S/C12H11NO3S2/c1-2-4-13(7-11(14)15)12(16)10-6-9-8(18-10)3-5-17-9/h2-3,5-6H,1,4,7H2,(H,14,15). The minimum absolute atomic E-state index is 0.233. The molecule has 0 spiro atoms. The first-order valence-electron chi connectivity index (χ1n) is 5.21. The van der Waals surface area contributed by atoms with E-state index in [1.165, 1.54) is 22.3 Å². The number of nitrogens with zero attached hydrogens (tertiary/aromatic N) is 1. The Morgan fingerprint density at radius 3 is 2.83 bits per heavy atom. The molecule has 6 heteroatoms. The molecule has 0 radical (unpaired) electrons. The number of hydrogen-bond acceptors (Lipinski definition) is 4. The first kappa shape index (κ1) is 12.8. The summed E-state index contributed by atoms with van der Waals surface area (Å²) in [5.41, 5.74) is 0. The largest absolute Gasteiger partial charge is 0.480 e. The van der Waals surface area contributed by atoms with Crippen molar-refractivity contribution in [3.05, 3.63) is 35.0 Å². The minimum Gasteiger partial charge on any atom is -0.480 e. The molecule has 1 N–H and O–H groups in total. The molecule has 0 unspecified atom stereocenters. The van der Waals surface area contributed by atoms with Crippen molar-refractivity contribution in [1.29, 1.82) is 0 Å². The summed E-state index contributed by atoms with van der Waals surface area (Å²) in [5, 5.41) is 10.7. The lowest BCUT2D eigenvalue weighted by atomic mass is 10.3. The third-order valence-corrected chi connectivity index (χ3v) is 4.39. The maximum absolute atomic E-state index is 12.2. The number of carboxylic acid groups (broad SMARTS) is 1. The molecule has 0 aliphatic rings. The van der Waals surface area contributed by atoms with Gasteiger partial charge in [0, 0.05) is 15.9 Å². The van der Waals surface area contributed by atoms with E-state index in [4.69, 9.17) is 5.11 Å². The highest BCUT2D eigenvalue weighted by atomic mass is 32.1. The van der Waals surface area contributed by atoms with Gasteiger partial charge in [0.05, 0.1) is 4.88 Å². The zero-order valence-corrected chi connectivity index (χ0v) is 11.1. The molecule has 2 aromatic rings. The molecule has 0 atom stereocenters. The second-order valence-corrected chi connectivity index (χ2v) is 5.66. The van der Waals surface area contributed by atoms with Crippen molar-refractivity contribution in [2.24, 2.45) is 0 Å². The smallest absolute Gasteiger partial charge is 0.323 e. The van der Waals surface area contributed by atoms with Crippen LogP contribution in [0.15, 0.2) is 30.2 Å². The van der Waals surface area contributed by atoms with E-state index in [-0.39, 0.29) is 19.0 Å². The molecule has 0 aliphatic heterocycles. The Labute approximate surface area is 112 Å². The van der Waals surface area contributed by atoms with Crippen molar-refractivity contribution in [3.8, 4) is 0 Å². The summed E-state index contributed by atoms with van der Waals surface area (Å²) >= 11 is 2.95. The number of carbonyl (C=O) groups is 2. The summed E-state index contributed by atoms with van der Waals surface area (Å²) in [6.45, 7) is 3.46. The lowest BCUT2D eigenvalue weighted by Gasteiger charge is -2.17. The van der Waals surface area contributed by atoms with Crippen molar-refractivity contribution in [3.63, 3.8) is 0 Å². The second kappa shape index (κ2) is 5.32. The topological polar surface area (TPSA) is 57.6 Å². The lowest BCUT2D eigenvalue weighted by molar-refractivity contribution is -0.137. The quantitative estimate of drug-likeness (QED) is 0.857. The van der Waals surface area contributed by atoms with Crippen LogP contribution >= 0.6 is 22.7 Å². The molecular weight excluding hydrogens is 270 g/mol. The Bertz CT molecular complexity index is 571.